The monoisotopic (exact) mass is 190 g/mol. The van der Waals surface area contributed by atoms with Crippen LogP contribution in [0, 0.1) is 5.92 Å². The van der Waals surface area contributed by atoms with Gasteiger partial charge < -0.3 is 10.6 Å². The van der Waals surface area contributed by atoms with E-state index >= 15 is 0 Å². The van der Waals surface area contributed by atoms with E-state index in [1.165, 1.54) is 6.42 Å². The zero-order valence-corrected chi connectivity index (χ0v) is 7.99. The van der Waals surface area contributed by atoms with Gasteiger partial charge >= 0.3 is 0 Å². The highest BCUT2D eigenvalue weighted by Gasteiger charge is 2.36. The quantitative estimate of drug-likeness (QED) is 0.658. The molecule has 2 rings (SSSR count). The molecule has 3 nitrogen and oxygen atoms in total. The number of carbonyl (C=O) groups excluding carboxylic acids is 1. The molecule has 0 aromatic carbocycles. The molecular formula is C8H15ClN2O. The summed E-state index contributed by atoms with van der Waals surface area (Å²) in [5, 5.41) is 6.09. The van der Waals surface area contributed by atoms with Gasteiger partial charge in [-0.25, -0.2) is 0 Å². The summed E-state index contributed by atoms with van der Waals surface area (Å²) in [6.45, 7) is 3.16. The van der Waals surface area contributed by atoms with Crippen LogP contribution < -0.4 is 10.6 Å². The molecule has 0 radical (unpaired) electrons. The molecule has 2 unspecified atom stereocenters. The Hall–Kier alpha value is -0.280. The molecule has 2 N–H and O–H groups in total. The van der Waals surface area contributed by atoms with Crippen molar-refractivity contribution in [2.45, 2.75) is 31.8 Å². The van der Waals surface area contributed by atoms with Crippen LogP contribution in [0.5, 0.6) is 0 Å². The highest BCUT2D eigenvalue weighted by Crippen LogP contribution is 2.29. The minimum Gasteiger partial charge on any atom is -0.352 e. The van der Waals surface area contributed by atoms with Gasteiger partial charge in [0.2, 0.25) is 5.91 Å². The van der Waals surface area contributed by atoms with E-state index in [0.717, 1.165) is 13.0 Å². The van der Waals surface area contributed by atoms with Crippen LogP contribution in [0.2, 0.25) is 0 Å². The first-order valence-corrected chi connectivity index (χ1v) is 4.31. The van der Waals surface area contributed by atoms with Gasteiger partial charge in [-0.05, 0) is 25.3 Å². The van der Waals surface area contributed by atoms with Crippen molar-refractivity contribution in [1.82, 2.24) is 10.6 Å². The fraction of sp³-hybridized carbons (Fsp3) is 0.875. The van der Waals surface area contributed by atoms with Crippen molar-refractivity contribution in [3.8, 4) is 0 Å². The summed E-state index contributed by atoms with van der Waals surface area (Å²) < 4.78 is 0. The molecule has 70 valence electrons. The average molecular weight is 191 g/mol. The van der Waals surface area contributed by atoms with Crippen molar-refractivity contribution in [3.63, 3.8) is 0 Å². The summed E-state index contributed by atoms with van der Waals surface area (Å²) in [6.07, 6.45) is 2.17. The van der Waals surface area contributed by atoms with Gasteiger partial charge in [-0.2, -0.15) is 0 Å². The molecule has 0 bridgehead atoms. The van der Waals surface area contributed by atoms with Crippen molar-refractivity contribution in [1.29, 1.82) is 0 Å². The lowest BCUT2D eigenvalue weighted by molar-refractivity contribution is -0.124. The number of amides is 1. The van der Waals surface area contributed by atoms with Gasteiger partial charge in [0.25, 0.3) is 0 Å². The second-order valence-electron chi connectivity index (χ2n) is 3.62. The molecule has 12 heavy (non-hydrogen) atoms. The smallest absolute Gasteiger partial charge is 0.237 e. The number of carbonyl (C=O) groups is 1. The Morgan fingerprint density at radius 2 is 2.17 bits per heavy atom. The summed E-state index contributed by atoms with van der Waals surface area (Å²) >= 11 is 0. The first-order valence-electron chi connectivity index (χ1n) is 4.31. The van der Waals surface area contributed by atoms with Crippen LogP contribution in [0.25, 0.3) is 0 Å². The third-order valence-corrected chi connectivity index (χ3v) is 2.58. The van der Waals surface area contributed by atoms with Gasteiger partial charge in [-0.1, -0.05) is 6.92 Å². The van der Waals surface area contributed by atoms with Crippen molar-refractivity contribution in [3.05, 3.63) is 0 Å². The fourth-order valence-corrected chi connectivity index (χ4v) is 1.32. The van der Waals surface area contributed by atoms with Crippen molar-refractivity contribution >= 4 is 18.3 Å². The van der Waals surface area contributed by atoms with E-state index in [4.69, 9.17) is 0 Å². The van der Waals surface area contributed by atoms with Crippen LogP contribution in [-0.2, 0) is 4.79 Å². The van der Waals surface area contributed by atoms with Crippen LogP contribution in [-0.4, -0.2) is 24.5 Å². The van der Waals surface area contributed by atoms with Crippen LogP contribution in [0.15, 0.2) is 0 Å². The average Bonchev–Trinajstić information content (AvgIpc) is 2.40. The van der Waals surface area contributed by atoms with Crippen LogP contribution in [0.1, 0.15) is 19.8 Å². The van der Waals surface area contributed by atoms with Gasteiger partial charge in [-0.15, -0.1) is 12.4 Å². The molecule has 0 aromatic heterocycles. The second-order valence-corrected chi connectivity index (χ2v) is 3.62. The summed E-state index contributed by atoms with van der Waals surface area (Å²) in [5.74, 6) is 0.907. The van der Waals surface area contributed by atoms with Crippen LogP contribution >= 0.6 is 12.4 Å². The zero-order chi connectivity index (χ0) is 7.84. The number of rotatable bonds is 2. The third-order valence-electron chi connectivity index (χ3n) is 2.58. The molecule has 2 fully saturated rings. The minimum absolute atomic E-state index is 0. The molecule has 1 saturated heterocycles. The Kier molecular flexibility index (Phi) is 2.96. The zero-order valence-electron chi connectivity index (χ0n) is 7.17. The summed E-state index contributed by atoms with van der Waals surface area (Å²) in [7, 11) is 0. The molecule has 1 saturated carbocycles. The topological polar surface area (TPSA) is 41.1 Å². The molecular weight excluding hydrogens is 176 g/mol. The fourth-order valence-electron chi connectivity index (χ4n) is 1.32. The predicted molar refractivity (Wildman–Crippen MR) is 49.4 cm³/mol. The first kappa shape index (κ1) is 9.81. The molecule has 0 spiro atoms. The summed E-state index contributed by atoms with van der Waals surface area (Å²) in [5.41, 5.74) is 0. The Morgan fingerprint density at radius 3 is 2.50 bits per heavy atom. The number of hydrogen-bond acceptors (Lipinski definition) is 2. The first-order chi connectivity index (χ1) is 5.27. The largest absolute Gasteiger partial charge is 0.352 e. The van der Waals surface area contributed by atoms with Gasteiger partial charge in [-0.3, -0.25) is 4.79 Å². The van der Waals surface area contributed by atoms with Gasteiger partial charge in [0, 0.05) is 6.04 Å². The summed E-state index contributed by atoms with van der Waals surface area (Å²) in [6, 6.07) is 0.590. The Labute approximate surface area is 78.7 Å². The maximum atomic E-state index is 11.2. The second kappa shape index (κ2) is 3.62. The number of hydrogen-bond donors (Lipinski definition) is 2. The Morgan fingerprint density at radius 1 is 1.58 bits per heavy atom. The molecule has 1 amide bonds. The molecule has 1 aliphatic heterocycles. The number of halogens is 1. The van der Waals surface area contributed by atoms with Crippen LogP contribution in [0.4, 0.5) is 0 Å². The molecule has 3 atom stereocenters. The molecule has 4 heteroatoms. The summed E-state index contributed by atoms with van der Waals surface area (Å²) in [4.78, 5) is 11.2. The van der Waals surface area contributed by atoms with E-state index in [1.807, 2.05) is 0 Å². The van der Waals surface area contributed by atoms with E-state index < -0.39 is 0 Å². The van der Waals surface area contributed by atoms with E-state index in [2.05, 4.69) is 17.6 Å². The normalized spacial score (nSPS) is 37.6. The van der Waals surface area contributed by atoms with Gasteiger partial charge in [0.1, 0.15) is 0 Å². The Bertz CT molecular complexity index is 182. The van der Waals surface area contributed by atoms with Crippen molar-refractivity contribution in [2.24, 2.45) is 5.92 Å². The van der Waals surface area contributed by atoms with Crippen molar-refractivity contribution < 1.29 is 4.79 Å². The van der Waals surface area contributed by atoms with E-state index in [9.17, 15) is 4.79 Å². The van der Waals surface area contributed by atoms with E-state index in [1.54, 1.807) is 0 Å². The molecule has 1 aliphatic carbocycles. The SMILES string of the molecule is CC1CC1NC(=O)[C@H]1CCN1.Cl. The lowest BCUT2D eigenvalue weighted by Gasteiger charge is -2.26. The lowest BCUT2D eigenvalue weighted by atomic mass is 10.1. The van der Waals surface area contributed by atoms with Crippen LogP contribution in [0.3, 0.4) is 0 Å². The van der Waals surface area contributed by atoms with Gasteiger partial charge in [0.15, 0.2) is 0 Å². The molecule has 0 aromatic rings. The third kappa shape index (κ3) is 1.90. The van der Waals surface area contributed by atoms with E-state index in [-0.39, 0.29) is 24.4 Å². The maximum Gasteiger partial charge on any atom is 0.237 e. The number of nitrogens with one attached hydrogen (secondary N) is 2. The van der Waals surface area contributed by atoms with Crippen molar-refractivity contribution in [2.75, 3.05) is 6.54 Å². The molecule has 2 aliphatic rings. The standard InChI is InChI=1S/C8H14N2O.ClH/c1-5-4-7(5)10-8(11)6-2-3-9-6;/h5-7,9H,2-4H2,1H3,(H,10,11);1H/t5?,6-,7?;/m1./s1. The maximum absolute atomic E-state index is 11.2. The molecule has 1 heterocycles. The van der Waals surface area contributed by atoms with E-state index in [0.29, 0.717) is 12.0 Å². The minimum atomic E-state index is 0. The van der Waals surface area contributed by atoms with Gasteiger partial charge in [0.05, 0.1) is 6.04 Å². The Balaban J connectivity index is 0.000000720. The highest BCUT2D eigenvalue weighted by atomic mass is 35.5. The predicted octanol–water partition coefficient (Wildman–Crippen LogP) is 0.295. The highest BCUT2D eigenvalue weighted by molar-refractivity contribution is 5.85. The lowest BCUT2D eigenvalue weighted by Crippen LogP contribution is -2.53.